The molecule has 0 radical (unpaired) electrons. The Hall–Kier alpha value is -0.670. The zero-order chi connectivity index (χ0) is 14.5. The predicted molar refractivity (Wildman–Crippen MR) is 89.8 cm³/mol. The molecule has 1 atom stereocenters. The lowest BCUT2D eigenvalue weighted by atomic mass is 10.1. The number of thioether (sulfide) groups is 1. The third-order valence-electron chi connectivity index (χ3n) is 2.88. The van der Waals surface area contributed by atoms with Gasteiger partial charge in [-0.15, -0.1) is 11.8 Å². The second-order valence-electron chi connectivity index (χ2n) is 4.85. The standard InChI is InChI=1S/C16H17Cl2NS/c1-11(19)8-13-4-7-15(18)9-16(13)20-10-12-2-5-14(17)6-3-12/h2-7,9,11H,8,10,19H2,1H3. The molecule has 4 heteroatoms. The Labute approximate surface area is 134 Å². The second kappa shape index (κ2) is 7.37. The smallest absolute Gasteiger partial charge is 0.0417 e. The molecule has 2 aromatic rings. The Bertz CT molecular complexity index is 567. The molecule has 1 unspecified atom stereocenters. The molecule has 106 valence electrons. The van der Waals surface area contributed by atoms with Crippen molar-refractivity contribution >= 4 is 35.0 Å². The first-order chi connectivity index (χ1) is 9.54. The van der Waals surface area contributed by atoms with Crippen LogP contribution in [0.3, 0.4) is 0 Å². The van der Waals surface area contributed by atoms with Crippen molar-refractivity contribution in [1.29, 1.82) is 0 Å². The van der Waals surface area contributed by atoms with E-state index in [1.165, 1.54) is 16.0 Å². The number of hydrogen-bond acceptors (Lipinski definition) is 2. The molecule has 1 nitrogen and oxygen atoms in total. The van der Waals surface area contributed by atoms with E-state index in [2.05, 4.69) is 6.07 Å². The van der Waals surface area contributed by atoms with Crippen molar-refractivity contribution in [1.82, 2.24) is 0 Å². The van der Waals surface area contributed by atoms with Crippen LogP contribution < -0.4 is 5.73 Å². The Morgan fingerprint density at radius 2 is 1.70 bits per heavy atom. The van der Waals surface area contributed by atoms with Gasteiger partial charge in [-0.25, -0.2) is 0 Å². The van der Waals surface area contributed by atoms with E-state index in [0.717, 1.165) is 22.2 Å². The van der Waals surface area contributed by atoms with Gasteiger partial charge in [0.15, 0.2) is 0 Å². The maximum absolute atomic E-state index is 6.09. The second-order valence-corrected chi connectivity index (χ2v) is 6.74. The molecule has 0 aliphatic carbocycles. The van der Waals surface area contributed by atoms with Crippen LogP contribution in [0.1, 0.15) is 18.1 Å². The molecular formula is C16H17Cl2NS. The van der Waals surface area contributed by atoms with Crippen LogP contribution in [0.15, 0.2) is 47.4 Å². The Morgan fingerprint density at radius 3 is 2.35 bits per heavy atom. The lowest BCUT2D eigenvalue weighted by Crippen LogP contribution is -2.18. The monoisotopic (exact) mass is 325 g/mol. The van der Waals surface area contributed by atoms with Gasteiger partial charge in [0, 0.05) is 26.7 Å². The van der Waals surface area contributed by atoms with Gasteiger partial charge in [0.2, 0.25) is 0 Å². The van der Waals surface area contributed by atoms with Crippen LogP contribution in [0, 0.1) is 0 Å². The minimum Gasteiger partial charge on any atom is -0.328 e. The van der Waals surface area contributed by atoms with Crippen molar-refractivity contribution in [2.24, 2.45) is 5.73 Å². The molecule has 0 fully saturated rings. The number of halogens is 2. The van der Waals surface area contributed by atoms with Gasteiger partial charge in [-0.3, -0.25) is 0 Å². The summed E-state index contributed by atoms with van der Waals surface area (Å²) >= 11 is 13.8. The zero-order valence-corrected chi connectivity index (χ0v) is 13.6. The first-order valence-corrected chi connectivity index (χ1v) is 8.20. The van der Waals surface area contributed by atoms with Gasteiger partial charge in [-0.05, 0) is 48.7 Å². The summed E-state index contributed by atoms with van der Waals surface area (Å²) in [6.45, 7) is 2.02. The van der Waals surface area contributed by atoms with E-state index in [-0.39, 0.29) is 6.04 Å². The van der Waals surface area contributed by atoms with Crippen molar-refractivity contribution in [3.63, 3.8) is 0 Å². The molecule has 0 heterocycles. The molecule has 0 aliphatic rings. The molecule has 0 bridgehead atoms. The molecular weight excluding hydrogens is 309 g/mol. The third kappa shape index (κ3) is 4.71. The van der Waals surface area contributed by atoms with E-state index in [4.69, 9.17) is 28.9 Å². The van der Waals surface area contributed by atoms with Crippen LogP contribution in [0.25, 0.3) is 0 Å². The van der Waals surface area contributed by atoms with Gasteiger partial charge in [0.1, 0.15) is 0 Å². The van der Waals surface area contributed by atoms with Crippen LogP contribution in [-0.2, 0) is 12.2 Å². The van der Waals surface area contributed by atoms with E-state index >= 15 is 0 Å². The molecule has 0 aliphatic heterocycles. The molecule has 0 saturated carbocycles. The minimum atomic E-state index is 0.144. The number of hydrogen-bond donors (Lipinski definition) is 1. The zero-order valence-electron chi connectivity index (χ0n) is 11.3. The van der Waals surface area contributed by atoms with Crippen LogP contribution >= 0.6 is 35.0 Å². The normalized spacial score (nSPS) is 12.4. The average molecular weight is 326 g/mol. The van der Waals surface area contributed by atoms with Crippen LogP contribution in [0.5, 0.6) is 0 Å². The topological polar surface area (TPSA) is 26.0 Å². The average Bonchev–Trinajstić information content (AvgIpc) is 2.40. The number of rotatable bonds is 5. The van der Waals surface area contributed by atoms with Crippen molar-refractivity contribution in [2.45, 2.75) is 30.0 Å². The van der Waals surface area contributed by atoms with E-state index < -0.39 is 0 Å². The largest absolute Gasteiger partial charge is 0.328 e. The fourth-order valence-electron chi connectivity index (χ4n) is 1.92. The van der Waals surface area contributed by atoms with Gasteiger partial charge in [-0.1, -0.05) is 41.4 Å². The molecule has 0 aromatic heterocycles. The van der Waals surface area contributed by atoms with E-state index in [0.29, 0.717) is 0 Å². The van der Waals surface area contributed by atoms with Gasteiger partial charge in [-0.2, -0.15) is 0 Å². The number of nitrogens with two attached hydrogens (primary N) is 1. The fourth-order valence-corrected chi connectivity index (χ4v) is 3.34. The van der Waals surface area contributed by atoms with E-state index in [1.807, 2.05) is 43.3 Å². The maximum Gasteiger partial charge on any atom is 0.0417 e. The SMILES string of the molecule is CC(N)Cc1ccc(Cl)cc1SCc1ccc(Cl)cc1. The molecule has 0 amide bonds. The van der Waals surface area contributed by atoms with E-state index in [1.54, 1.807) is 11.8 Å². The highest BCUT2D eigenvalue weighted by Gasteiger charge is 2.07. The van der Waals surface area contributed by atoms with Crippen molar-refractivity contribution in [3.8, 4) is 0 Å². The lowest BCUT2D eigenvalue weighted by Gasteiger charge is -2.12. The van der Waals surface area contributed by atoms with Gasteiger partial charge < -0.3 is 5.73 Å². The van der Waals surface area contributed by atoms with Gasteiger partial charge in [0.05, 0.1) is 0 Å². The summed E-state index contributed by atoms with van der Waals surface area (Å²) in [7, 11) is 0. The summed E-state index contributed by atoms with van der Waals surface area (Å²) in [6, 6.07) is 14.1. The summed E-state index contributed by atoms with van der Waals surface area (Å²) < 4.78 is 0. The Morgan fingerprint density at radius 1 is 1.05 bits per heavy atom. The highest BCUT2D eigenvalue weighted by atomic mass is 35.5. The van der Waals surface area contributed by atoms with Crippen molar-refractivity contribution in [3.05, 3.63) is 63.6 Å². The Balaban J connectivity index is 2.11. The highest BCUT2D eigenvalue weighted by Crippen LogP contribution is 2.30. The fraction of sp³-hybridized carbons (Fsp3) is 0.250. The molecule has 20 heavy (non-hydrogen) atoms. The molecule has 2 N–H and O–H groups in total. The third-order valence-corrected chi connectivity index (χ3v) is 4.53. The maximum atomic E-state index is 6.09. The first-order valence-electron chi connectivity index (χ1n) is 6.46. The van der Waals surface area contributed by atoms with Crippen molar-refractivity contribution < 1.29 is 0 Å². The molecule has 0 spiro atoms. The summed E-state index contributed by atoms with van der Waals surface area (Å²) in [5, 5.41) is 1.52. The minimum absolute atomic E-state index is 0.144. The quantitative estimate of drug-likeness (QED) is 0.767. The van der Waals surface area contributed by atoms with E-state index in [9.17, 15) is 0 Å². The Kier molecular flexibility index (Phi) is 5.79. The summed E-state index contributed by atoms with van der Waals surface area (Å²) in [5.74, 6) is 0.892. The first kappa shape index (κ1) is 15.7. The molecule has 2 rings (SSSR count). The highest BCUT2D eigenvalue weighted by molar-refractivity contribution is 7.98. The summed E-state index contributed by atoms with van der Waals surface area (Å²) in [6.07, 6.45) is 0.861. The van der Waals surface area contributed by atoms with Crippen LogP contribution in [0.2, 0.25) is 10.0 Å². The summed E-state index contributed by atoms with van der Waals surface area (Å²) in [4.78, 5) is 1.20. The lowest BCUT2D eigenvalue weighted by molar-refractivity contribution is 0.729. The van der Waals surface area contributed by atoms with Gasteiger partial charge >= 0.3 is 0 Å². The van der Waals surface area contributed by atoms with Crippen molar-refractivity contribution in [2.75, 3.05) is 0 Å². The molecule has 2 aromatic carbocycles. The summed E-state index contributed by atoms with van der Waals surface area (Å²) in [5.41, 5.74) is 8.39. The predicted octanol–water partition coefficient (Wildman–Crippen LogP) is 5.18. The molecule has 0 saturated heterocycles. The van der Waals surface area contributed by atoms with Crippen LogP contribution in [0.4, 0.5) is 0 Å². The van der Waals surface area contributed by atoms with Gasteiger partial charge in [0.25, 0.3) is 0 Å². The number of benzene rings is 2. The van der Waals surface area contributed by atoms with Crippen LogP contribution in [-0.4, -0.2) is 6.04 Å².